The maximum absolute atomic E-state index is 12.7. The Morgan fingerprint density at radius 3 is 2.20 bits per heavy atom. The largest absolute Gasteiger partial charge is 0.457 e. The van der Waals surface area contributed by atoms with E-state index in [1.54, 1.807) is 0 Å². The molecular weight excluding hydrogens is 276 g/mol. The van der Waals surface area contributed by atoms with Crippen LogP contribution in [-0.4, -0.2) is 6.29 Å². The predicted molar refractivity (Wildman–Crippen MR) is 63.3 cm³/mol. The van der Waals surface area contributed by atoms with Gasteiger partial charge in [0.1, 0.15) is 17.3 Å². The van der Waals surface area contributed by atoms with Gasteiger partial charge in [-0.2, -0.15) is 13.2 Å². The van der Waals surface area contributed by atoms with Crippen LogP contribution < -0.4 is 4.74 Å². The molecule has 0 aliphatic carbocycles. The number of hydrogen-bond donors (Lipinski definition) is 0. The Balaban J connectivity index is 2.38. The maximum Gasteiger partial charge on any atom is 0.416 e. The molecule has 0 atom stereocenters. The molecule has 20 heavy (non-hydrogen) atoms. The highest BCUT2D eigenvalue weighted by Gasteiger charge is 2.31. The van der Waals surface area contributed by atoms with E-state index in [2.05, 4.69) is 0 Å². The number of alkyl halides is 3. The van der Waals surface area contributed by atoms with E-state index in [4.69, 9.17) is 4.74 Å². The molecule has 0 aromatic heterocycles. The third kappa shape index (κ3) is 3.14. The van der Waals surface area contributed by atoms with Gasteiger partial charge < -0.3 is 4.74 Å². The molecule has 0 bridgehead atoms. The first-order chi connectivity index (χ1) is 9.40. The average Bonchev–Trinajstić information content (AvgIpc) is 2.40. The lowest BCUT2D eigenvalue weighted by Gasteiger charge is -2.12. The lowest BCUT2D eigenvalue weighted by atomic mass is 10.1. The van der Waals surface area contributed by atoms with E-state index in [0.717, 1.165) is 30.3 Å². The molecule has 104 valence electrons. The number of hydrogen-bond acceptors (Lipinski definition) is 2. The average molecular weight is 284 g/mol. The summed E-state index contributed by atoms with van der Waals surface area (Å²) in [5.74, 6) is -0.604. The lowest BCUT2D eigenvalue weighted by molar-refractivity contribution is -0.137. The van der Waals surface area contributed by atoms with Crippen LogP contribution in [0.15, 0.2) is 42.5 Å². The zero-order valence-corrected chi connectivity index (χ0v) is 9.95. The SMILES string of the molecule is O=Cc1ccc(C(F)(F)F)cc1Oc1ccc(F)cc1. The summed E-state index contributed by atoms with van der Waals surface area (Å²) in [7, 11) is 0. The van der Waals surface area contributed by atoms with Crippen LogP contribution in [0.1, 0.15) is 15.9 Å². The molecule has 2 nitrogen and oxygen atoms in total. The van der Waals surface area contributed by atoms with Crippen molar-refractivity contribution in [2.75, 3.05) is 0 Å². The van der Waals surface area contributed by atoms with E-state index in [-0.39, 0.29) is 17.1 Å². The minimum absolute atomic E-state index is 0.0256. The van der Waals surface area contributed by atoms with Gasteiger partial charge in [-0.3, -0.25) is 4.79 Å². The highest BCUT2D eigenvalue weighted by molar-refractivity contribution is 5.79. The van der Waals surface area contributed by atoms with Crippen LogP contribution >= 0.6 is 0 Å². The first-order valence-corrected chi connectivity index (χ1v) is 5.50. The van der Waals surface area contributed by atoms with E-state index >= 15 is 0 Å². The fourth-order valence-electron chi connectivity index (χ4n) is 1.53. The molecule has 0 fully saturated rings. The molecule has 0 radical (unpaired) electrons. The van der Waals surface area contributed by atoms with Crippen molar-refractivity contribution in [1.29, 1.82) is 0 Å². The summed E-state index contributed by atoms with van der Waals surface area (Å²) in [6.07, 6.45) is -4.15. The summed E-state index contributed by atoms with van der Waals surface area (Å²) in [4.78, 5) is 10.8. The molecule has 2 aromatic rings. The fourth-order valence-corrected chi connectivity index (χ4v) is 1.53. The van der Waals surface area contributed by atoms with Crippen molar-refractivity contribution in [3.05, 3.63) is 59.4 Å². The number of benzene rings is 2. The smallest absolute Gasteiger partial charge is 0.416 e. The summed E-state index contributed by atoms with van der Waals surface area (Å²) in [5.41, 5.74) is -0.956. The first kappa shape index (κ1) is 14.0. The van der Waals surface area contributed by atoms with Crippen LogP contribution in [0.2, 0.25) is 0 Å². The molecule has 2 aromatic carbocycles. The van der Waals surface area contributed by atoms with Gasteiger partial charge in [-0.25, -0.2) is 4.39 Å². The monoisotopic (exact) mass is 284 g/mol. The quantitative estimate of drug-likeness (QED) is 0.615. The van der Waals surface area contributed by atoms with Crippen molar-refractivity contribution < 1.29 is 27.1 Å². The molecule has 0 aliphatic rings. The third-order valence-corrected chi connectivity index (χ3v) is 2.51. The zero-order chi connectivity index (χ0) is 14.8. The second kappa shape index (κ2) is 5.32. The molecule has 0 unspecified atom stereocenters. The van der Waals surface area contributed by atoms with Crippen molar-refractivity contribution in [2.45, 2.75) is 6.18 Å². The van der Waals surface area contributed by atoms with E-state index < -0.39 is 17.6 Å². The number of carbonyl (C=O) groups is 1. The van der Waals surface area contributed by atoms with Gasteiger partial charge in [0.05, 0.1) is 11.1 Å². The summed E-state index contributed by atoms with van der Waals surface area (Å²) in [6, 6.07) is 7.25. The van der Waals surface area contributed by atoms with Crippen LogP contribution in [0.4, 0.5) is 17.6 Å². The normalized spacial score (nSPS) is 11.2. The predicted octanol–water partition coefficient (Wildman–Crippen LogP) is 4.45. The van der Waals surface area contributed by atoms with Crippen molar-refractivity contribution >= 4 is 6.29 Å². The van der Waals surface area contributed by atoms with E-state index in [0.29, 0.717) is 6.29 Å². The third-order valence-electron chi connectivity index (χ3n) is 2.51. The van der Waals surface area contributed by atoms with Crippen molar-refractivity contribution in [1.82, 2.24) is 0 Å². The van der Waals surface area contributed by atoms with Crippen molar-refractivity contribution in [3.63, 3.8) is 0 Å². The Labute approximate surface area is 111 Å². The number of halogens is 4. The topological polar surface area (TPSA) is 26.3 Å². The van der Waals surface area contributed by atoms with Gasteiger partial charge in [0, 0.05) is 0 Å². The Morgan fingerprint density at radius 2 is 1.65 bits per heavy atom. The van der Waals surface area contributed by atoms with Gasteiger partial charge in [-0.15, -0.1) is 0 Å². The minimum atomic E-state index is -4.54. The van der Waals surface area contributed by atoms with Crippen molar-refractivity contribution in [2.24, 2.45) is 0 Å². The highest BCUT2D eigenvalue weighted by Crippen LogP contribution is 2.34. The Hall–Kier alpha value is -2.37. The van der Waals surface area contributed by atoms with Gasteiger partial charge in [0.2, 0.25) is 0 Å². The Kier molecular flexibility index (Phi) is 3.74. The Morgan fingerprint density at radius 1 is 1.00 bits per heavy atom. The zero-order valence-electron chi connectivity index (χ0n) is 9.95. The second-order valence-corrected chi connectivity index (χ2v) is 3.92. The first-order valence-electron chi connectivity index (χ1n) is 5.50. The van der Waals surface area contributed by atoms with Crippen LogP contribution in [0.3, 0.4) is 0 Å². The fraction of sp³-hybridized carbons (Fsp3) is 0.0714. The molecule has 0 saturated carbocycles. The van der Waals surface area contributed by atoms with Gasteiger partial charge in [-0.05, 0) is 42.5 Å². The summed E-state index contributed by atoms with van der Waals surface area (Å²) < 4.78 is 55.7. The number of aldehydes is 1. The van der Waals surface area contributed by atoms with Crippen molar-refractivity contribution in [3.8, 4) is 11.5 Å². The van der Waals surface area contributed by atoms with Gasteiger partial charge in [-0.1, -0.05) is 0 Å². The highest BCUT2D eigenvalue weighted by atomic mass is 19.4. The Bertz CT molecular complexity index is 618. The van der Waals surface area contributed by atoms with E-state index in [9.17, 15) is 22.4 Å². The molecular formula is C14H8F4O2. The van der Waals surface area contributed by atoms with Crippen LogP contribution in [0, 0.1) is 5.82 Å². The van der Waals surface area contributed by atoms with Crippen LogP contribution in [-0.2, 0) is 6.18 Å². The number of rotatable bonds is 3. The van der Waals surface area contributed by atoms with E-state index in [1.165, 1.54) is 12.1 Å². The van der Waals surface area contributed by atoms with E-state index in [1.807, 2.05) is 0 Å². The van der Waals surface area contributed by atoms with Gasteiger partial charge in [0.15, 0.2) is 6.29 Å². The summed E-state index contributed by atoms with van der Waals surface area (Å²) in [6.45, 7) is 0. The minimum Gasteiger partial charge on any atom is -0.457 e. The molecule has 0 heterocycles. The number of ether oxygens (including phenoxy) is 1. The molecule has 2 rings (SSSR count). The number of carbonyl (C=O) groups excluding carboxylic acids is 1. The molecule has 0 N–H and O–H groups in total. The van der Waals surface area contributed by atoms with Crippen LogP contribution in [0.25, 0.3) is 0 Å². The standard InChI is InChI=1S/C14H8F4O2/c15-11-3-5-12(6-4-11)20-13-7-10(14(16,17)18)2-1-9(13)8-19/h1-8H. The molecule has 0 spiro atoms. The van der Waals surface area contributed by atoms with Crippen LogP contribution in [0.5, 0.6) is 11.5 Å². The lowest BCUT2D eigenvalue weighted by Crippen LogP contribution is -2.05. The van der Waals surface area contributed by atoms with Gasteiger partial charge in [0.25, 0.3) is 0 Å². The molecule has 0 aliphatic heterocycles. The molecule has 0 saturated heterocycles. The second-order valence-electron chi connectivity index (χ2n) is 3.92. The summed E-state index contributed by atoms with van der Waals surface area (Å²) in [5, 5.41) is 0. The van der Waals surface area contributed by atoms with Gasteiger partial charge >= 0.3 is 6.18 Å². The molecule has 6 heteroatoms. The summed E-state index contributed by atoms with van der Waals surface area (Å²) >= 11 is 0. The molecule has 0 amide bonds. The maximum atomic E-state index is 12.7.